The first-order valence-electron chi connectivity index (χ1n) is 4.49. The molecule has 0 unspecified atom stereocenters. The Labute approximate surface area is 101 Å². The Kier molecular flexibility index (Phi) is 3.15. The molecule has 0 bridgehead atoms. The highest BCUT2D eigenvalue weighted by Gasteiger charge is 1.98. The Morgan fingerprint density at radius 1 is 1.33 bits per heavy atom. The van der Waals surface area contributed by atoms with Crippen LogP contribution in [-0.4, -0.2) is 15.8 Å². The molecule has 0 radical (unpaired) electrons. The van der Waals surface area contributed by atoms with Gasteiger partial charge in [0.15, 0.2) is 6.29 Å². The van der Waals surface area contributed by atoms with Crippen LogP contribution in [0.15, 0.2) is 36.8 Å². The van der Waals surface area contributed by atoms with E-state index in [0.29, 0.717) is 5.69 Å². The van der Waals surface area contributed by atoms with Crippen LogP contribution < -0.4 is 0 Å². The molecule has 0 aliphatic heterocycles. The van der Waals surface area contributed by atoms with Crippen molar-refractivity contribution in [2.45, 2.75) is 6.54 Å². The molecule has 3 nitrogen and oxygen atoms in total. The second kappa shape index (κ2) is 4.57. The van der Waals surface area contributed by atoms with E-state index >= 15 is 0 Å². The lowest BCUT2D eigenvalue weighted by atomic mass is 10.2. The monoisotopic (exact) mass is 312 g/mol. The number of carbonyl (C=O) groups excluding carboxylic acids is 1. The number of imidazole rings is 1. The van der Waals surface area contributed by atoms with Crippen molar-refractivity contribution in [1.82, 2.24) is 9.55 Å². The third kappa shape index (κ3) is 2.65. The second-order valence-corrected chi connectivity index (χ2v) is 4.46. The minimum Gasteiger partial charge on any atom is -0.332 e. The number of benzene rings is 1. The van der Waals surface area contributed by atoms with E-state index in [-0.39, 0.29) is 0 Å². The van der Waals surface area contributed by atoms with Crippen molar-refractivity contribution in [3.8, 4) is 0 Å². The van der Waals surface area contributed by atoms with Gasteiger partial charge in [-0.25, -0.2) is 4.98 Å². The van der Waals surface area contributed by atoms with Gasteiger partial charge in [-0.1, -0.05) is 12.1 Å². The van der Waals surface area contributed by atoms with Gasteiger partial charge in [0.05, 0.1) is 6.33 Å². The summed E-state index contributed by atoms with van der Waals surface area (Å²) in [5.74, 6) is 0. The van der Waals surface area contributed by atoms with Crippen LogP contribution in [0.1, 0.15) is 16.1 Å². The van der Waals surface area contributed by atoms with Crippen LogP contribution in [-0.2, 0) is 6.54 Å². The van der Waals surface area contributed by atoms with Gasteiger partial charge >= 0.3 is 0 Å². The zero-order valence-electron chi connectivity index (χ0n) is 7.93. The molecule has 0 fully saturated rings. The Balaban J connectivity index is 2.14. The Morgan fingerprint density at radius 2 is 2.07 bits per heavy atom. The van der Waals surface area contributed by atoms with Gasteiger partial charge in [0.1, 0.15) is 5.69 Å². The SMILES string of the molecule is O=Cc1cn(Cc2ccc(I)cc2)cn1. The number of halogens is 1. The van der Waals surface area contributed by atoms with Crippen molar-refractivity contribution in [2.75, 3.05) is 0 Å². The fourth-order valence-corrected chi connectivity index (χ4v) is 1.68. The number of aromatic nitrogens is 2. The summed E-state index contributed by atoms with van der Waals surface area (Å²) in [4.78, 5) is 14.4. The molecule has 2 rings (SSSR count). The summed E-state index contributed by atoms with van der Waals surface area (Å²) in [6.07, 6.45) is 4.16. The maximum atomic E-state index is 10.4. The minimum absolute atomic E-state index is 0.473. The second-order valence-electron chi connectivity index (χ2n) is 3.22. The fourth-order valence-electron chi connectivity index (χ4n) is 1.33. The summed E-state index contributed by atoms with van der Waals surface area (Å²) in [6, 6.07) is 8.27. The quantitative estimate of drug-likeness (QED) is 0.644. The van der Waals surface area contributed by atoms with Crippen LogP contribution in [0.25, 0.3) is 0 Å². The van der Waals surface area contributed by atoms with E-state index in [1.165, 1.54) is 9.13 Å². The first-order chi connectivity index (χ1) is 7.28. The van der Waals surface area contributed by atoms with Crippen LogP contribution in [0.3, 0.4) is 0 Å². The average molecular weight is 312 g/mol. The molecule has 0 atom stereocenters. The summed E-state index contributed by atoms with van der Waals surface area (Å²) < 4.78 is 3.11. The molecular formula is C11H9IN2O. The molecule has 1 heterocycles. The number of hydrogen-bond donors (Lipinski definition) is 0. The average Bonchev–Trinajstić information content (AvgIpc) is 2.69. The summed E-state index contributed by atoms with van der Waals surface area (Å²) in [5, 5.41) is 0. The Hall–Kier alpha value is -1.17. The van der Waals surface area contributed by atoms with Crippen LogP contribution >= 0.6 is 22.6 Å². The van der Waals surface area contributed by atoms with Gasteiger partial charge in [-0.05, 0) is 40.3 Å². The largest absolute Gasteiger partial charge is 0.332 e. The van der Waals surface area contributed by atoms with E-state index < -0.39 is 0 Å². The molecular weight excluding hydrogens is 303 g/mol. The van der Waals surface area contributed by atoms with Gasteiger partial charge in [0.2, 0.25) is 0 Å². The van der Waals surface area contributed by atoms with Crippen molar-refractivity contribution in [3.05, 3.63) is 51.6 Å². The molecule has 4 heteroatoms. The lowest BCUT2D eigenvalue weighted by molar-refractivity contribution is 0.111. The third-order valence-electron chi connectivity index (χ3n) is 2.05. The summed E-state index contributed by atoms with van der Waals surface area (Å²) in [5.41, 5.74) is 1.67. The maximum absolute atomic E-state index is 10.4. The predicted octanol–water partition coefficient (Wildman–Crippen LogP) is 2.35. The van der Waals surface area contributed by atoms with E-state index in [9.17, 15) is 4.79 Å². The van der Waals surface area contributed by atoms with Crippen LogP contribution in [0.4, 0.5) is 0 Å². The van der Waals surface area contributed by atoms with Crippen LogP contribution in [0, 0.1) is 3.57 Å². The van der Waals surface area contributed by atoms with Gasteiger partial charge in [-0.3, -0.25) is 4.79 Å². The molecule has 0 saturated carbocycles. The van der Waals surface area contributed by atoms with Crippen molar-refractivity contribution >= 4 is 28.9 Å². The zero-order chi connectivity index (χ0) is 10.7. The lowest BCUT2D eigenvalue weighted by Gasteiger charge is -2.01. The lowest BCUT2D eigenvalue weighted by Crippen LogP contribution is -1.96. The number of nitrogens with zero attached hydrogens (tertiary/aromatic N) is 2. The standard InChI is InChI=1S/C11H9IN2O/c12-10-3-1-9(2-4-10)5-14-6-11(7-15)13-8-14/h1-4,6-8H,5H2. The molecule has 0 aliphatic rings. The Bertz CT molecular complexity index is 462. The van der Waals surface area contributed by atoms with Crippen molar-refractivity contribution in [3.63, 3.8) is 0 Å². The molecule has 1 aromatic carbocycles. The van der Waals surface area contributed by atoms with E-state index in [1.54, 1.807) is 12.5 Å². The summed E-state index contributed by atoms with van der Waals surface area (Å²) >= 11 is 2.27. The smallest absolute Gasteiger partial charge is 0.169 e. The number of rotatable bonds is 3. The predicted molar refractivity (Wildman–Crippen MR) is 65.9 cm³/mol. The third-order valence-corrected chi connectivity index (χ3v) is 2.77. The first kappa shape index (κ1) is 10.4. The highest BCUT2D eigenvalue weighted by molar-refractivity contribution is 14.1. The molecule has 0 spiro atoms. The molecule has 0 saturated heterocycles. The Morgan fingerprint density at radius 3 is 2.67 bits per heavy atom. The molecule has 0 aliphatic carbocycles. The maximum Gasteiger partial charge on any atom is 0.169 e. The van der Waals surface area contributed by atoms with Crippen molar-refractivity contribution < 1.29 is 4.79 Å². The highest BCUT2D eigenvalue weighted by Crippen LogP contribution is 2.08. The highest BCUT2D eigenvalue weighted by atomic mass is 127. The van der Waals surface area contributed by atoms with Gasteiger partial charge in [-0.2, -0.15) is 0 Å². The summed E-state index contributed by atoms with van der Waals surface area (Å²) in [7, 11) is 0. The van der Waals surface area contributed by atoms with Gasteiger partial charge in [0, 0.05) is 16.3 Å². The van der Waals surface area contributed by atoms with Crippen LogP contribution in [0.2, 0.25) is 0 Å². The van der Waals surface area contributed by atoms with E-state index in [4.69, 9.17) is 0 Å². The van der Waals surface area contributed by atoms with E-state index in [2.05, 4.69) is 51.8 Å². The summed E-state index contributed by atoms with van der Waals surface area (Å²) in [6.45, 7) is 0.748. The van der Waals surface area contributed by atoms with E-state index in [0.717, 1.165) is 12.8 Å². The normalized spacial score (nSPS) is 10.2. The zero-order valence-corrected chi connectivity index (χ0v) is 10.1. The molecule has 15 heavy (non-hydrogen) atoms. The molecule has 2 aromatic rings. The van der Waals surface area contributed by atoms with Crippen molar-refractivity contribution in [2.24, 2.45) is 0 Å². The molecule has 76 valence electrons. The number of hydrogen-bond acceptors (Lipinski definition) is 2. The van der Waals surface area contributed by atoms with E-state index in [1.807, 2.05) is 4.57 Å². The molecule has 0 N–H and O–H groups in total. The van der Waals surface area contributed by atoms with Crippen molar-refractivity contribution in [1.29, 1.82) is 0 Å². The van der Waals surface area contributed by atoms with Gasteiger partial charge in [-0.15, -0.1) is 0 Å². The topological polar surface area (TPSA) is 34.9 Å². The fraction of sp³-hybridized carbons (Fsp3) is 0.0909. The molecule has 0 amide bonds. The van der Waals surface area contributed by atoms with Crippen LogP contribution in [0.5, 0.6) is 0 Å². The van der Waals surface area contributed by atoms with Gasteiger partial charge in [0.25, 0.3) is 0 Å². The number of carbonyl (C=O) groups is 1. The molecule has 1 aromatic heterocycles. The minimum atomic E-state index is 0.473. The first-order valence-corrected chi connectivity index (χ1v) is 5.57. The van der Waals surface area contributed by atoms with Gasteiger partial charge < -0.3 is 4.57 Å². The number of aldehydes is 1.